The van der Waals surface area contributed by atoms with Crippen LogP contribution >= 0.6 is 0 Å². The zero-order chi connectivity index (χ0) is 30.9. The number of halogens is 4. The van der Waals surface area contributed by atoms with Gasteiger partial charge in [-0.3, -0.25) is 4.57 Å². The molecular weight excluding hydrogens is 588 g/mol. The first-order chi connectivity index (χ1) is 21.9. The van der Waals surface area contributed by atoms with Crippen LogP contribution in [0.25, 0.3) is 17.0 Å². The van der Waals surface area contributed by atoms with E-state index in [1.807, 2.05) is 9.80 Å². The van der Waals surface area contributed by atoms with E-state index in [4.69, 9.17) is 14.7 Å². The molecule has 0 amide bonds. The maximum Gasteiger partial charge on any atom is 0.296 e. The number of hydrogen-bond acceptors (Lipinski definition) is 8. The molecule has 0 N–H and O–H groups in total. The second-order valence-electron chi connectivity index (χ2n) is 11.0. The summed E-state index contributed by atoms with van der Waals surface area (Å²) in [6, 6.07) is 19.4. The van der Waals surface area contributed by atoms with Crippen LogP contribution in [0.1, 0.15) is 25.1 Å². The minimum atomic E-state index is -2.84. The Morgan fingerprint density at radius 2 is 1.20 bits per heavy atom. The monoisotopic (exact) mass is 618 g/mol. The highest BCUT2D eigenvalue weighted by Gasteiger charge is 2.30. The van der Waals surface area contributed by atoms with E-state index in [-0.39, 0.29) is 23.6 Å². The molecule has 0 aliphatic carbocycles. The Bertz CT molecular complexity index is 1720. The summed E-state index contributed by atoms with van der Waals surface area (Å²) in [5.74, 6) is -0.267. The third-order valence-corrected chi connectivity index (χ3v) is 8.20. The lowest BCUT2D eigenvalue weighted by atomic mass is 10.0. The van der Waals surface area contributed by atoms with Crippen molar-refractivity contribution in [2.75, 3.05) is 54.1 Å². The van der Waals surface area contributed by atoms with E-state index in [0.717, 1.165) is 11.4 Å². The summed E-state index contributed by atoms with van der Waals surface area (Å²) in [6.07, 6.45) is -1.48. The van der Waals surface area contributed by atoms with Gasteiger partial charge < -0.3 is 19.4 Å². The molecule has 0 bridgehead atoms. The van der Waals surface area contributed by atoms with Crippen LogP contribution < -0.4 is 14.7 Å². The normalized spacial score (nSPS) is 16.1. The summed E-state index contributed by atoms with van der Waals surface area (Å²) in [6.45, 7) is 3.23. The third kappa shape index (κ3) is 5.87. The smallest absolute Gasteiger partial charge is 0.296 e. The van der Waals surface area contributed by atoms with Crippen molar-refractivity contribution in [3.8, 4) is 5.95 Å². The number of piperidine rings is 1. The van der Waals surface area contributed by atoms with E-state index in [9.17, 15) is 17.6 Å². The van der Waals surface area contributed by atoms with E-state index < -0.39 is 12.2 Å². The van der Waals surface area contributed by atoms with Crippen molar-refractivity contribution in [3.05, 3.63) is 90.3 Å². The van der Waals surface area contributed by atoms with Gasteiger partial charge in [-0.15, -0.1) is 0 Å². The molecular formula is C32H30F4N8O. The molecule has 0 spiro atoms. The van der Waals surface area contributed by atoms with E-state index in [2.05, 4.69) is 14.9 Å². The molecule has 2 aromatic heterocycles. The zero-order valence-electron chi connectivity index (χ0n) is 24.2. The second-order valence-corrected chi connectivity index (χ2v) is 11.0. The largest absolute Gasteiger partial charge is 0.378 e. The molecule has 0 radical (unpaired) electrons. The molecule has 0 saturated carbocycles. The topological polar surface area (TPSA) is 75.4 Å². The number of alkyl halides is 2. The van der Waals surface area contributed by atoms with Crippen molar-refractivity contribution in [2.45, 2.75) is 25.3 Å². The number of para-hydroxylation sites is 2. The molecule has 13 heteroatoms. The standard InChI is InChI=1S/C32H30F4N8O/c33-21-5-9-23(10-6-21)43(24-11-7-22(34)8-12-24)25-13-15-41(16-14-25)30-38-31(42-17-19-45-20-18-42)40-32(39-30)44-27-4-2-1-3-26(27)37-29(44)28(35)36/h1-12,25,28H,13-20H2. The Hall–Kier alpha value is -4.78. The second kappa shape index (κ2) is 12.3. The fraction of sp³-hybridized carbons (Fsp3) is 0.312. The number of nitrogens with zero attached hydrogens (tertiary/aromatic N) is 8. The van der Waals surface area contributed by atoms with Gasteiger partial charge in [0, 0.05) is 43.6 Å². The van der Waals surface area contributed by atoms with E-state index in [1.54, 1.807) is 48.5 Å². The van der Waals surface area contributed by atoms with Crippen LogP contribution in [0.4, 0.5) is 40.8 Å². The first-order valence-electron chi connectivity index (χ1n) is 14.8. The average molecular weight is 619 g/mol. The fourth-order valence-corrected chi connectivity index (χ4v) is 5.99. The average Bonchev–Trinajstić information content (AvgIpc) is 3.47. The quantitative estimate of drug-likeness (QED) is 0.204. The molecule has 7 rings (SSSR count). The summed E-state index contributed by atoms with van der Waals surface area (Å²) >= 11 is 0. The molecule has 4 heterocycles. The summed E-state index contributed by atoms with van der Waals surface area (Å²) in [5.41, 5.74) is 2.49. The van der Waals surface area contributed by atoms with Crippen LogP contribution in [-0.4, -0.2) is 69.9 Å². The number of rotatable bonds is 7. The number of aromatic nitrogens is 5. The number of fused-ring (bicyclic) bond motifs is 1. The number of ether oxygens (including phenoxy) is 1. The molecule has 5 aromatic rings. The lowest BCUT2D eigenvalue weighted by molar-refractivity contribution is 0.122. The molecule has 9 nitrogen and oxygen atoms in total. The van der Waals surface area contributed by atoms with Crippen LogP contribution in [0.2, 0.25) is 0 Å². The SMILES string of the molecule is Fc1ccc(N(c2ccc(F)cc2)C2CCN(c3nc(N4CCOCC4)nc(-n4c(C(F)F)nc5ccccc54)n3)CC2)cc1. The van der Waals surface area contributed by atoms with Crippen molar-refractivity contribution >= 4 is 34.3 Å². The Kier molecular flexibility index (Phi) is 7.92. The molecule has 2 saturated heterocycles. The maximum absolute atomic E-state index is 14.3. The van der Waals surface area contributed by atoms with Crippen LogP contribution in [0.3, 0.4) is 0 Å². The van der Waals surface area contributed by atoms with Crippen molar-refractivity contribution in [1.29, 1.82) is 0 Å². The van der Waals surface area contributed by atoms with Crippen molar-refractivity contribution in [3.63, 3.8) is 0 Å². The van der Waals surface area contributed by atoms with Crippen LogP contribution in [0.5, 0.6) is 0 Å². The lowest BCUT2D eigenvalue weighted by Crippen LogP contribution is -2.44. The van der Waals surface area contributed by atoms with Gasteiger partial charge in [0.05, 0.1) is 24.2 Å². The van der Waals surface area contributed by atoms with Crippen molar-refractivity contribution < 1.29 is 22.3 Å². The van der Waals surface area contributed by atoms with Gasteiger partial charge in [-0.25, -0.2) is 22.5 Å². The van der Waals surface area contributed by atoms with E-state index >= 15 is 0 Å². The number of imidazole rings is 1. The Balaban J connectivity index is 1.23. The predicted molar refractivity (Wildman–Crippen MR) is 163 cm³/mol. The van der Waals surface area contributed by atoms with Gasteiger partial charge in [-0.1, -0.05) is 12.1 Å². The van der Waals surface area contributed by atoms with Gasteiger partial charge in [0.25, 0.3) is 6.43 Å². The molecule has 2 aliphatic rings. The summed E-state index contributed by atoms with van der Waals surface area (Å²) in [7, 11) is 0. The Morgan fingerprint density at radius 3 is 1.78 bits per heavy atom. The summed E-state index contributed by atoms with van der Waals surface area (Å²) < 4.78 is 62.9. The summed E-state index contributed by atoms with van der Waals surface area (Å²) in [4.78, 5) is 24.5. The van der Waals surface area contributed by atoms with Gasteiger partial charge >= 0.3 is 0 Å². The third-order valence-electron chi connectivity index (χ3n) is 8.20. The van der Waals surface area contributed by atoms with Crippen LogP contribution in [-0.2, 0) is 4.74 Å². The molecule has 0 atom stereocenters. The van der Waals surface area contributed by atoms with Crippen molar-refractivity contribution in [1.82, 2.24) is 24.5 Å². The van der Waals surface area contributed by atoms with Gasteiger partial charge in [0.2, 0.25) is 17.8 Å². The van der Waals surface area contributed by atoms with Gasteiger partial charge in [-0.2, -0.15) is 15.0 Å². The van der Waals surface area contributed by atoms with Gasteiger partial charge in [0.15, 0.2) is 5.82 Å². The number of benzene rings is 3. The molecule has 45 heavy (non-hydrogen) atoms. The highest BCUT2D eigenvalue weighted by atomic mass is 19.3. The molecule has 3 aromatic carbocycles. The lowest BCUT2D eigenvalue weighted by Gasteiger charge is -2.40. The fourth-order valence-electron chi connectivity index (χ4n) is 5.99. The number of anilines is 4. The highest BCUT2D eigenvalue weighted by Crippen LogP contribution is 2.34. The Labute approximate surface area is 256 Å². The summed E-state index contributed by atoms with van der Waals surface area (Å²) in [5, 5.41) is 0. The first kappa shape index (κ1) is 29.0. The molecule has 2 fully saturated rings. The highest BCUT2D eigenvalue weighted by molar-refractivity contribution is 5.77. The zero-order valence-corrected chi connectivity index (χ0v) is 24.2. The predicted octanol–water partition coefficient (Wildman–Crippen LogP) is 6.07. The first-order valence-corrected chi connectivity index (χ1v) is 14.8. The Morgan fingerprint density at radius 1 is 0.667 bits per heavy atom. The molecule has 2 aliphatic heterocycles. The van der Waals surface area contributed by atoms with E-state index in [0.29, 0.717) is 75.2 Å². The van der Waals surface area contributed by atoms with Crippen molar-refractivity contribution in [2.24, 2.45) is 0 Å². The number of hydrogen-bond donors (Lipinski definition) is 0. The van der Waals surface area contributed by atoms with E-state index in [1.165, 1.54) is 28.8 Å². The maximum atomic E-state index is 14.3. The minimum Gasteiger partial charge on any atom is -0.378 e. The molecule has 232 valence electrons. The number of morpholine rings is 1. The van der Waals surface area contributed by atoms with Crippen LogP contribution in [0.15, 0.2) is 72.8 Å². The minimum absolute atomic E-state index is 0.0141. The van der Waals surface area contributed by atoms with Crippen LogP contribution in [0, 0.1) is 11.6 Å². The van der Waals surface area contributed by atoms with Gasteiger partial charge in [0.1, 0.15) is 11.6 Å². The van der Waals surface area contributed by atoms with Gasteiger partial charge in [-0.05, 0) is 73.5 Å². The molecule has 0 unspecified atom stereocenters.